The van der Waals surface area contributed by atoms with Crippen molar-refractivity contribution in [1.29, 1.82) is 0 Å². The van der Waals surface area contributed by atoms with Gasteiger partial charge in [-0.3, -0.25) is 15.0 Å². The zero-order valence-corrected chi connectivity index (χ0v) is 14.2. The van der Waals surface area contributed by atoms with E-state index < -0.39 is 17.6 Å². The van der Waals surface area contributed by atoms with Crippen LogP contribution in [-0.2, 0) is 4.79 Å². The van der Waals surface area contributed by atoms with E-state index in [-0.39, 0.29) is 26.1 Å². The van der Waals surface area contributed by atoms with Crippen molar-refractivity contribution < 1.29 is 19.1 Å². The Hall–Kier alpha value is -2.71. The zero-order valence-electron chi connectivity index (χ0n) is 12.6. The average molecular weight is 374 g/mol. The lowest BCUT2D eigenvalue weighted by molar-refractivity contribution is -0.123. The Balaban J connectivity index is 1.81. The first-order valence-electron chi connectivity index (χ1n) is 7.09. The first-order chi connectivity index (χ1) is 12.0. The molecule has 126 valence electrons. The van der Waals surface area contributed by atoms with Gasteiger partial charge in [0.2, 0.25) is 0 Å². The van der Waals surface area contributed by atoms with Gasteiger partial charge in [-0.25, -0.2) is 4.39 Å². The molecule has 1 aliphatic heterocycles. The first kappa shape index (κ1) is 17.1. The predicted molar refractivity (Wildman–Crippen MR) is 97.0 cm³/mol. The van der Waals surface area contributed by atoms with Gasteiger partial charge in [-0.15, -0.1) is 0 Å². The van der Waals surface area contributed by atoms with Gasteiger partial charge in [-0.2, -0.15) is 5.01 Å². The van der Waals surface area contributed by atoms with E-state index in [1.54, 1.807) is 24.3 Å². The van der Waals surface area contributed by atoms with Crippen molar-refractivity contribution in [1.82, 2.24) is 10.4 Å². The lowest BCUT2D eigenvalue weighted by atomic mass is 10.2. The summed E-state index contributed by atoms with van der Waals surface area (Å²) in [4.78, 5) is 24.8. The molecule has 0 aromatic heterocycles. The maximum Gasteiger partial charge on any atom is 0.285 e. The number of benzene rings is 2. The van der Waals surface area contributed by atoms with Crippen LogP contribution in [0.15, 0.2) is 53.4 Å². The van der Waals surface area contributed by atoms with E-state index >= 15 is 0 Å². The van der Waals surface area contributed by atoms with Crippen molar-refractivity contribution in [3.05, 3.63) is 70.4 Å². The van der Waals surface area contributed by atoms with Crippen LogP contribution in [0.4, 0.5) is 4.39 Å². The van der Waals surface area contributed by atoms with E-state index in [4.69, 9.17) is 12.2 Å². The van der Waals surface area contributed by atoms with Crippen molar-refractivity contribution in [3.63, 3.8) is 0 Å². The smallest absolute Gasteiger partial charge is 0.285 e. The highest BCUT2D eigenvalue weighted by Crippen LogP contribution is 2.32. The number of para-hydroxylation sites is 1. The second-order valence-corrected chi connectivity index (χ2v) is 6.67. The minimum absolute atomic E-state index is 0.00892. The second kappa shape index (κ2) is 7.04. The molecule has 1 saturated heterocycles. The number of phenolic OH excluding ortho intramolecular Hbond substituents is 1. The van der Waals surface area contributed by atoms with Crippen LogP contribution < -0.4 is 5.43 Å². The highest BCUT2D eigenvalue weighted by atomic mass is 32.2. The summed E-state index contributed by atoms with van der Waals surface area (Å²) in [5.41, 5.74) is 2.61. The molecule has 2 aromatic rings. The molecule has 1 aliphatic rings. The van der Waals surface area contributed by atoms with E-state index in [1.807, 2.05) is 0 Å². The molecule has 8 heteroatoms. The number of thiocarbonyl (C=S) groups is 1. The third kappa shape index (κ3) is 3.54. The minimum atomic E-state index is -0.679. The zero-order chi connectivity index (χ0) is 18.0. The Labute approximate surface area is 152 Å². The number of nitrogens with zero attached hydrogens (tertiary/aromatic N) is 1. The molecular weight excluding hydrogens is 363 g/mol. The molecule has 3 rings (SSSR count). The average Bonchev–Trinajstić information content (AvgIpc) is 2.85. The molecule has 5 nitrogen and oxygen atoms in total. The summed E-state index contributed by atoms with van der Waals surface area (Å²) in [6.45, 7) is 0. The van der Waals surface area contributed by atoms with Gasteiger partial charge >= 0.3 is 0 Å². The molecule has 0 unspecified atom stereocenters. The number of amides is 2. The van der Waals surface area contributed by atoms with Gasteiger partial charge < -0.3 is 5.11 Å². The summed E-state index contributed by atoms with van der Waals surface area (Å²) in [6, 6.07) is 11.9. The van der Waals surface area contributed by atoms with Crippen molar-refractivity contribution in [3.8, 4) is 5.75 Å². The highest BCUT2D eigenvalue weighted by Gasteiger charge is 2.34. The standard InChI is InChI=1S/C17H11FN2O3S2/c18-12-7-3-1-5-10(12)9-14-16(23)20(17(24)25-14)19-15(22)11-6-2-4-8-13(11)21/h1-9,21H,(H,19,22). The number of aromatic hydroxyl groups is 1. The Morgan fingerprint density at radius 2 is 1.88 bits per heavy atom. The first-order valence-corrected chi connectivity index (χ1v) is 8.31. The number of hydrogen-bond acceptors (Lipinski definition) is 5. The molecule has 0 radical (unpaired) electrons. The lowest BCUT2D eigenvalue weighted by Crippen LogP contribution is -2.44. The van der Waals surface area contributed by atoms with Gasteiger partial charge in [0.25, 0.3) is 11.8 Å². The molecule has 0 aliphatic carbocycles. The fraction of sp³-hybridized carbons (Fsp3) is 0. The number of rotatable bonds is 3. The number of carbonyl (C=O) groups is 2. The summed E-state index contributed by atoms with van der Waals surface area (Å²) < 4.78 is 13.8. The summed E-state index contributed by atoms with van der Waals surface area (Å²) in [5.74, 6) is -1.93. The van der Waals surface area contributed by atoms with E-state index in [0.29, 0.717) is 0 Å². The number of thioether (sulfide) groups is 1. The summed E-state index contributed by atoms with van der Waals surface area (Å²) in [7, 11) is 0. The molecule has 2 amide bonds. The van der Waals surface area contributed by atoms with Crippen LogP contribution in [0.3, 0.4) is 0 Å². The molecule has 0 atom stereocenters. The van der Waals surface area contributed by atoms with E-state index in [9.17, 15) is 19.1 Å². The van der Waals surface area contributed by atoms with Gasteiger partial charge in [0, 0.05) is 5.56 Å². The number of carbonyl (C=O) groups excluding carboxylic acids is 2. The molecule has 0 spiro atoms. The normalized spacial score (nSPS) is 15.7. The van der Waals surface area contributed by atoms with Crippen LogP contribution in [0.2, 0.25) is 0 Å². The monoisotopic (exact) mass is 374 g/mol. The lowest BCUT2D eigenvalue weighted by Gasteiger charge is -2.16. The minimum Gasteiger partial charge on any atom is -0.507 e. The van der Waals surface area contributed by atoms with Crippen LogP contribution in [-0.4, -0.2) is 26.3 Å². The van der Waals surface area contributed by atoms with Crippen LogP contribution >= 0.6 is 24.0 Å². The molecule has 2 N–H and O–H groups in total. The van der Waals surface area contributed by atoms with Crippen LogP contribution in [0, 0.1) is 5.82 Å². The number of hydrogen-bond donors (Lipinski definition) is 2. The fourth-order valence-corrected chi connectivity index (χ4v) is 3.30. The van der Waals surface area contributed by atoms with Crippen molar-refractivity contribution >= 4 is 46.2 Å². The van der Waals surface area contributed by atoms with Crippen molar-refractivity contribution in [2.75, 3.05) is 0 Å². The number of hydrazine groups is 1. The van der Waals surface area contributed by atoms with Gasteiger partial charge in [0.1, 0.15) is 11.6 Å². The SMILES string of the molecule is O=C(NN1C(=O)C(=Cc2ccccc2F)SC1=S)c1ccccc1O. The quantitative estimate of drug-likeness (QED) is 0.638. The van der Waals surface area contributed by atoms with Gasteiger partial charge in [-0.05, 0) is 36.5 Å². The number of nitrogens with one attached hydrogen (secondary N) is 1. The number of phenols is 1. The molecular formula is C17H11FN2O3S2. The van der Waals surface area contributed by atoms with Gasteiger partial charge in [0.05, 0.1) is 10.5 Å². The topological polar surface area (TPSA) is 69.6 Å². The highest BCUT2D eigenvalue weighted by molar-refractivity contribution is 8.26. The molecule has 1 fully saturated rings. The van der Waals surface area contributed by atoms with E-state index in [0.717, 1.165) is 16.8 Å². The van der Waals surface area contributed by atoms with Crippen molar-refractivity contribution in [2.45, 2.75) is 0 Å². The van der Waals surface area contributed by atoms with Crippen LogP contribution in [0.1, 0.15) is 15.9 Å². The van der Waals surface area contributed by atoms with Gasteiger partial charge in [-0.1, -0.05) is 42.1 Å². The Kier molecular flexibility index (Phi) is 4.82. The molecule has 0 saturated carbocycles. The van der Waals surface area contributed by atoms with E-state index in [1.165, 1.54) is 30.3 Å². The Morgan fingerprint density at radius 1 is 1.20 bits per heavy atom. The molecule has 25 heavy (non-hydrogen) atoms. The summed E-state index contributed by atoms with van der Waals surface area (Å²) in [6.07, 6.45) is 1.38. The van der Waals surface area contributed by atoms with Crippen LogP contribution in [0.5, 0.6) is 5.75 Å². The summed E-state index contributed by atoms with van der Waals surface area (Å²) >= 11 is 6.05. The largest absolute Gasteiger partial charge is 0.507 e. The maximum atomic E-state index is 13.7. The third-order valence-electron chi connectivity index (χ3n) is 3.35. The van der Waals surface area contributed by atoms with E-state index in [2.05, 4.69) is 5.43 Å². The second-order valence-electron chi connectivity index (χ2n) is 5.00. The molecule has 0 bridgehead atoms. The van der Waals surface area contributed by atoms with Crippen molar-refractivity contribution in [2.24, 2.45) is 0 Å². The summed E-state index contributed by atoms with van der Waals surface area (Å²) in [5, 5.41) is 10.6. The Bertz CT molecular complexity index is 914. The van der Waals surface area contributed by atoms with Crippen LogP contribution in [0.25, 0.3) is 6.08 Å². The molecule has 2 aromatic carbocycles. The van der Waals surface area contributed by atoms with Gasteiger partial charge in [0.15, 0.2) is 4.32 Å². The Morgan fingerprint density at radius 3 is 2.60 bits per heavy atom. The molecule has 1 heterocycles. The third-order valence-corrected chi connectivity index (χ3v) is 4.65. The number of halogens is 1. The fourth-order valence-electron chi connectivity index (χ4n) is 2.12. The predicted octanol–water partition coefficient (Wildman–Crippen LogP) is 3.08. The maximum absolute atomic E-state index is 13.7.